The van der Waals surface area contributed by atoms with Gasteiger partial charge in [-0.25, -0.2) is 0 Å². The van der Waals surface area contributed by atoms with Crippen LogP contribution in [0.1, 0.15) is 30.5 Å². The standard InChI is InChI=1S/C14H19O5PS2.H3O3P/c1-10(15)21-8-13-5-12(3-4-20(17,18)19)6-14(7-13)9-22-11(2)16;1-4(2)3/h5-7H,3-4,8-9H2,1-2H3,(H2,17,18,19);4H,(H2,1,2,3). The molecule has 1 rings (SSSR count). The van der Waals surface area contributed by atoms with E-state index in [0.717, 1.165) is 16.7 Å². The van der Waals surface area contributed by atoms with Crippen molar-refractivity contribution in [2.24, 2.45) is 0 Å². The van der Waals surface area contributed by atoms with Crippen molar-refractivity contribution in [1.82, 2.24) is 0 Å². The molecular formula is C14H22O8P2S2. The van der Waals surface area contributed by atoms with E-state index >= 15 is 0 Å². The molecule has 26 heavy (non-hydrogen) atoms. The number of carbonyl (C=O) groups is 2. The molecule has 0 aliphatic carbocycles. The van der Waals surface area contributed by atoms with Gasteiger partial charge in [0.2, 0.25) is 0 Å². The first kappa shape index (κ1) is 25.6. The van der Waals surface area contributed by atoms with E-state index in [9.17, 15) is 14.2 Å². The zero-order valence-electron chi connectivity index (χ0n) is 14.2. The van der Waals surface area contributed by atoms with E-state index in [-0.39, 0.29) is 22.8 Å². The zero-order chi connectivity index (χ0) is 20.3. The van der Waals surface area contributed by atoms with Crippen molar-refractivity contribution in [2.45, 2.75) is 31.8 Å². The largest absolute Gasteiger partial charge is 0.326 e. The third-order valence-corrected chi connectivity index (χ3v) is 5.26. The van der Waals surface area contributed by atoms with Crippen LogP contribution in [0.25, 0.3) is 0 Å². The third-order valence-electron chi connectivity index (χ3n) is 2.69. The Morgan fingerprint density at radius 1 is 0.962 bits per heavy atom. The molecule has 0 aliphatic heterocycles. The van der Waals surface area contributed by atoms with Gasteiger partial charge in [0.15, 0.2) is 10.2 Å². The van der Waals surface area contributed by atoms with Gasteiger partial charge in [-0.05, 0) is 23.1 Å². The molecule has 1 aromatic rings. The van der Waals surface area contributed by atoms with Gasteiger partial charge >= 0.3 is 15.9 Å². The van der Waals surface area contributed by atoms with Crippen LogP contribution < -0.4 is 0 Å². The van der Waals surface area contributed by atoms with Gasteiger partial charge in [0.1, 0.15) is 0 Å². The fourth-order valence-corrected chi connectivity index (χ4v) is 3.42. The summed E-state index contributed by atoms with van der Waals surface area (Å²) in [6, 6.07) is 5.63. The Hall–Kier alpha value is -0.440. The smallest absolute Gasteiger partial charge is 0.325 e. The lowest BCUT2D eigenvalue weighted by Crippen LogP contribution is -1.98. The first-order valence-electron chi connectivity index (χ1n) is 7.24. The highest BCUT2D eigenvalue weighted by molar-refractivity contribution is 8.13. The number of benzene rings is 1. The monoisotopic (exact) mass is 444 g/mol. The Morgan fingerprint density at radius 2 is 1.31 bits per heavy atom. The van der Waals surface area contributed by atoms with Crippen molar-refractivity contribution in [1.29, 1.82) is 0 Å². The number of hydrogen-bond donors (Lipinski definition) is 4. The summed E-state index contributed by atoms with van der Waals surface area (Å²) >= 11 is 2.37. The van der Waals surface area contributed by atoms with E-state index < -0.39 is 15.9 Å². The molecule has 0 unspecified atom stereocenters. The van der Waals surface area contributed by atoms with Gasteiger partial charge in [-0.3, -0.25) is 18.7 Å². The quantitative estimate of drug-likeness (QED) is 0.462. The van der Waals surface area contributed by atoms with Gasteiger partial charge in [0.05, 0.1) is 6.16 Å². The zero-order valence-corrected chi connectivity index (χ0v) is 17.8. The van der Waals surface area contributed by atoms with Crippen LogP contribution in [0.15, 0.2) is 18.2 Å². The van der Waals surface area contributed by atoms with Crippen LogP contribution in [-0.2, 0) is 36.6 Å². The summed E-state index contributed by atoms with van der Waals surface area (Å²) in [5, 5.41) is 0.0283. The van der Waals surface area contributed by atoms with E-state index in [1.807, 2.05) is 18.2 Å². The molecule has 12 heteroatoms. The number of hydrogen-bond acceptors (Lipinski definition) is 6. The second kappa shape index (κ2) is 12.9. The van der Waals surface area contributed by atoms with Crippen LogP contribution in [0.4, 0.5) is 0 Å². The van der Waals surface area contributed by atoms with E-state index in [2.05, 4.69) is 0 Å². The summed E-state index contributed by atoms with van der Waals surface area (Å²) < 4.78 is 19.7. The van der Waals surface area contributed by atoms with Crippen molar-refractivity contribution in [2.75, 3.05) is 6.16 Å². The minimum absolute atomic E-state index is 0.0141. The highest BCUT2D eigenvalue weighted by atomic mass is 32.2. The molecular weight excluding hydrogens is 422 g/mol. The average Bonchev–Trinajstić information content (AvgIpc) is 2.47. The molecule has 0 amide bonds. The Bertz CT molecular complexity index is 649. The van der Waals surface area contributed by atoms with Gasteiger partial charge in [0.25, 0.3) is 0 Å². The lowest BCUT2D eigenvalue weighted by molar-refractivity contribution is -0.109. The average molecular weight is 444 g/mol. The molecule has 0 aromatic heterocycles. The molecule has 0 atom stereocenters. The van der Waals surface area contributed by atoms with Crippen LogP contribution >= 0.6 is 39.4 Å². The topological polar surface area (TPSA) is 149 Å². The summed E-state index contributed by atoms with van der Waals surface area (Å²) in [5.41, 5.74) is 2.65. The molecule has 0 radical (unpaired) electrons. The summed E-state index contributed by atoms with van der Waals surface area (Å²) in [6.07, 6.45) is 0.0518. The Labute approximate surface area is 160 Å². The van der Waals surface area contributed by atoms with Gasteiger partial charge < -0.3 is 19.6 Å². The van der Waals surface area contributed by atoms with Crippen LogP contribution in [0.3, 0.4) is 0 Å². The molecule has 0 aliphatic rings. The fraction of sp³-hybridized carbons (Fsp3) is 0.429. The van der Waals surface area contributed by atoms with E-state index in [1.54, 1.807) is 0 Å². The van der Waals surface area contributed by atoms with Crippen LogP contribution in [0.2, 0.25) is 0 Å². The minimum atomic E-state index is -4.04. The molecule has 0 heterocycles. The number of aryl methyl sites for hydroxylation is 1. The van der Waals surface area contributed by atoms with Crippen molar-refractivity contribution in [3.63, 3.8) is 0 Å². The lowest BCUT2D eigenvalue weighted by atomic mass is 10.1. The van der Waals surface area contributed by atoms with Crippen LogP contribution in [0.5, 0.6) is 0 Å². The van der Waals surface area contributed by atoms with E-state index in [0.29, 0.717) is 11.5 Å². The summed E-state index contributed by atoms with van der Waals surface area (Å²) in [7, 11) is -7.17. The summed E-state index contributed by atoms with van der Waals surface area (Å²) in [6.45, 7) is 2.99. The van der Waals surface area contributed by atoms with Crippen molar-refractivity contribution < 1.29 is 38.3 Å². The number of carbonyl (C=O) groups excluding carboxylic acids is 2. The molecule has 8 nitrogen and oxygen atoms in total. The Kier molecular flexibility index (Phi) is 12.6. The Balaban J connectivity index is 0.00000141. The SMILES string of the molecule is CC(=O)SCc1cc(CCP(=O)(O)O)cc(CSC(C)=O)c1.O=[PH](O)O. The van der Waals surface area contributed by atoms with Gasteiger partial charge in [-0.15, -0.1) is 0 Å². The lowest BCUT2D eigenvalue weighted by Gasteiger charge is -2.10. The molecule has 0 bridgehead atoms. The molecule has 148 valence electrons. The maximum atomic E-state index is 11.1. The summed E-state index contributed by atoms with van der Waals surface area (Å²) in [4.78, 5) is 54.4. The highest BCUT2D eigenvalue weighted by Gasteiger charge is 2.13. The van der Waals surface area contributed by atoms with Crippen molar-refractivity contribution in [3.05, 3.63) is 34.9 Å². The molecule has 1 aromatic carbocycles. The van der Waals surface area contributed by atoms with Crippen molar-refractivity contribution >= 4 is 49.6 Å². The predicted octanol–water partition coefficient (Wildman–Crippen LogP) is 2.33. The van der Waals surface area contributed by atoms with Crippen LogP contribution in [-0.4, -0.2) is 36.0 Å². The predicted molar refractivity (Wildman–Crippen MR) is 104 cm³/mol. The summed E-state index contributed by atoms with van der Waals surface area (Å²) in [5.74, 6) is 1.02. The number of thioether (sulfide) groups is 2. The van der Waals surface area contributed by atoms with Gasteiger partial charge in [-0.2, -0.15) is 0 Å². The van der Waals surface area contributed by atoms with Crippen LogP contribution in [0, 0.1) is 0 Å². The second-order valence-corrected chi connectivity index (χ2v) is 9.79. The third kappa shape index (κ3) is 15.8. The molecule has 0 spiro atoms. The molecule has 0 fully saturated rings. The van der Waals surface area contributed by atoms with E-state index in [1.165, 1.54) is 37.4 Å². The van der Waals surface area contributed by atoms with Crippen molar-refractivity contribution in [3.8, 4) is 0 Å². The second-order valence-electron chi connectivity index (χ2n) is 5.14. The highest BCUT2D eigenvalue weighted by Crippen LogP contribution is 2.35. The molecule has 4 N–H and O–H groups in total. The van der Waals surface area contributed by atoms with E-state index in [4.69, 9.17) is 24.1 Å². The van der Waals surface area contributed by atoms with Gasteiger partial charge in [-0.1, -0.05) is 41.7 Å². The van der Waals surface area contributed by atoms with Gasteiger partial charge in [0, 0.05) is 25.4 Å². The molecule has 0 saturated heterocycles. The Morgan fingerprint density at radius 3 is 1.62 bits per heavy atom. The normalized spacial score (nSPS) is 11.0. The molecule has 0 saturated carbocycles. The maximum absolute atomic E-state index is 11.1. The minimum Gasteiger partial charge on any atom is -0.326 e. The fourth-order valence-electron chi connectivity index (χ4n) is 1.80. The first-order chi connectivity index (χ1) is 11.9. The maximum Gasteiger partial charge on any atom is 0.325 e. The number of rotatable bonds is 7. The first-order valence-corrected chi connectivity index (χ1v) is 12.3.